The second-order valence-electron chi connectivity index (χ2n) is 7.89. The van der Waals surface area contributed by atoms with E-state index in [1.807, 2.05) is 0 Å². The number of hydrogen-bond donors (Lipinski definition) is 1. The molecule has 0 amide bonds. The molecule has 147 valence electrons. The summed E-state index contributed by atoms with van der Waals surface area (Å²) < 4.78 is 0. The Kier molecular flexibility index (Phi) is 14.7. The molecule has 0 aliphatic heterocycles. The van der Waals surface area contributed by atoms with Crippen molar-refractivity contribution in [3.05, 3.63) is 16.0 Å². The van der Waals surface area contributed by atoms with Crippen LogP contribution in [0.4, 0.5) is 0 Å². The van der Waals surface area contributed by atoms with Crippen molar-refractivity contribution in [2.75, 3.05) is 5.75 Å². The Balaban J connectivity index is 0.000000486. The second kappa shape index (κ2) is 15.5. The first-order valence-electron chi connectivity index (χ1n) is 10.7. The van der Waals surface area contributed by atoms with Crippen LogP contribution in [0, 0.1) is 0 Å². The van der Waals surface area contributed by atoms with Gasteiger partial charge < -0.3 is 35.9 Å². The molecular weight excluding hydrogens is 392 g/mol. The van der Waals surface area contributed by atoms with Crippen LogP contribution in [0.25, 0.3) is 5.32 Å². The van der Waals surface area contributed by atoms with E-state index in [0.29, 0.717) is 17.8 Å². The van der Waals surface area contributed by atoms with Gasteiger partial charge in [-0.1, -0.05) is 109 Å². The third kappa shape index (κ3) is 10.2. The van der Waals surface area contributed by atoms with Crippen molar-refractivity contribution >= 4 is 25.3 Å². The van der Waals surface area contributed by atoms with Gasteiger partial charge in [-0.15, -0.1) is 0 Å². The fraction of sp³-hybridized carbons (Fsp3) is 0.905. The molecule has 0 atom stereocenters. The minimum Gasteiger partial charge on any atom is -0.792 e. The molecule has 3 rings (SSSR count). The summed E-state index contributed by atoms with van der Waals surface area (Å²) in [6.45, 7) is 0. The molecule has 5 heteroatoms. The molecule has 0 aromatic carbocycles. The summed E-state index contributed by atoms with van der Waals surface area (Å²) in [6, 6.07) is 1.06. The third-order valence-electron chi connectivity index (χ3n) is 5.68. The maximum absolute atomic E-state index is 5.55. The molecule has 0 bridgehead atoms. The Bertz CT molecular complexity index is 345. The van der Waals surface area contributed by atoms with Crippen LogP contribution >= 0.6 is 0 Å². The van der Waals surface area contributed by atoms with Crippen molar-refractivity contribution < 1.29 is 21.7 Å². The summed E-state index contributed by atoms with van der Waals surface area (Å²) in [4.78, 5) is 0.955. The summed E-state index contributed by atoms with van der Waals surface area (Å²) >= 11 is 10.6. The molecule has 0 aromatic rings. The van der Waals surface area contributed by atoms with Gasteiger partial charge in [0.05, 0.1) is 0 Å². The molecule has 0 aromatic heterocycles. The normalized spacial score (nSPS) is 22.5. The van der Waals surface area contributed by atoms with E-state index in [1.54, 1.807) is 0 Å². The maximum Gasteiger partial charge on any atom is 3.00 e. The number of rotatable bonds is 6. The fourth-order valence-electron chi connectivity index (χ4n) is 4.12. The Morgan fingerprint density at radius 2 is 1.23 bits per heavy atom. The van der Waals surface area contributed by atoms with Crippen LogP contribution in [0.15, 0.2) is 10.7 Å². The van der Waals surface area contributed by atoms with Crippen LogP contribution in [0.5, 0.6) is 0 Å². The average Bonchev–Trinajstić information content (AvgIpc) is 3.23. The second-order valence-corrected chi connectivity index (χ2v) is 8.79. The third-order valence-corrected chi connectivity index (χ3v) is 6.28. The van der Waals surface area contributed by atoms with Crippen molar-refractivity contribution in [3.63, 3.8) is 0 Å². The molecule has 0 heterocycles. The van der Waals surface area contributed by atoms with Gasteiger partial charge in [-0.05, 0) is 12.1 Å². The standard InChI is InChI=1S/C16H29N2S2.C5H10.Ti/c19-12-11-15(20)16(17-13-7-3-1-4-8-13)18-14-9-5-2-6-10-14;1-2-4-5-3-1;/h13-14,17,19-20H,1-12H2;1-5H2;/q-1;;+3/p-2/b16-15-;;. The van der Waals surface area contributed by atoms with Crippen molar-refractivity contribution in [2.45, 2.75) is 115 Å². The average molecular weight is 430 g/mol. The van der Waals surface area contributed by atoms with Gasteiger partial charge in [-0.25, -0.2) is 4.91 Å². The predicted octanol–water partition coefficient (Wildman–Crippen LogP) is 6.22. The van der Waals surface area contributed by atoms with Gasteiger partial charge in [-0.3, -0.25) is 0 Å². The summed E-state index contributed by atoms with van der Waals surface area (Å²) in [5, 5.41) is 8.62. The van der Waals surface area contributed by atoms with Gasteiger partial charge in [0, 0.05) is 0 Å². The van der Waals surface area contributed by atoms with Crippen LogP contribution in [-0.4, -0.2) is 17.8 Å². The van der Waals surface area contributed by atoms with E-state index in [9.17, 15) is 0 Å². The molecule has 1 radical (unpaired) electrons. The number of nitrogens with zero attached hydrogens (tertiary/aromatic N) is 1. The molecule has 1 N–H and O–H groups in total. The zero-order valence-electron chi connectivity index (χ0n) is 16.4. The molecule has 26 heavy (non-hydrogen) atoms. The van der Waals surface area contributed by atoms with Crippen LogP contribution in [-0.2, 0) is 47.0 Å². The van der Waals surface area contributed by atoms with Gasteiger partial charge in [0.2, 0.25) is 0 Å². The van der Waals surface area contributed by atoms with E-state index >= 15 is 0 Å². The van der Waals surface area contributed by atoms with E-state index in [1.165, 1.54) is 96.3 Å². The number of nitrogens with one attached hydrogen (secondary N) is 1. The fourth-order valence-corrected chi connectivity index (χ4v) is 4.66. The Morgan fingerprint density at radius 3 is 1.73 bits per heavy atom. The topological polar surface area (TPSA) is 26.1 Å². The van der Waals surface area contributed by atoms with Gasteiger partial charge in [0.25, 0.3) is 0 Å². The minimum atomic E-state index is 0. The first kappa shape index (κ1) is 24.7. The first-order valence-corrected chi connectivity index (χ1v) is 11.7. The van der Waals surface area contributed by atoms with E-state index < -0.39 is 0 Å². The molecule has 2 nitrogen and oxygen atoms in total. The van der Waals surface area contributed by atoms with E-state index in [0.717, 1.165) is 17.1 Å². The van der Waals surface area contributed by atoms with E-state index in [4.69, 9.17) is 30.6 Å². The Morgan fingerprint density at radius 1 is 0.769 bits per heavy atom. The molecular formula is C21H37N2S2Ti. The Hall–Kier alpha value is 0.624. The SMILES string of the molecule is C1CCCC1.[S-]CC/C([S-])=C(/[N-]C1CCCCC1)NC1CCCCC1.[Ti+3]. The monoisotopic (exact) mass is 429 g/mol. The Labute approximate surface area is 188 Å². The van der Waals surface area contributed by atoms with Gasteiger partial charge in [-0.2, -0.15) is 5.75 Å². The molecule has 0 spiro atoms. The number of allylic oxidation sites excluding steroid dienone is 1. The minimum absolute atomic E-state index is 0. The zero-order chi connectivity index (χ0) is 17.7. The van der Waals surface area contributed by atoms with E-state index in [2.05, 4.69) is 5.32 Å². The first-order chi connectivity index (χ1) is 12.3. The number of hydrogen-bond acceptors (Lipinski definition) is 3. The maximum atomic E-state index is 5.55. The largest absolute Gasteiger partial charge is 3.00 e. The molecule has 3 aliphatic carbocycles. The molecule has 3 aliphatic rings. The summed E-state index contributed by atoms with van der Waals surface area (Å²) in [7, 11) is 0. The van der Waals surface area contributed by atoms with E-state index in [-0.39, 0.29) is 21.7 Å². The van der Waals surface area contributed by atoms with Gasteiger partial charge >= 0.3 is 21.7 Å². The van der Waals surface area contributed by atoms with Crippen molar-refractivity contribution in [2.24, 2.45) is 0 Å². The van der Waals surface area contributed by atoms with Gasteiger partial charge in [0.1, 0.15) is 0 Å². The smallest absolute Gasteiger partial charge is 0.792 e. The molecule has 3 fully saturated rings. The van der Waals surface area contributed by atoms with Gasteiger partial charge in [0.15, 0.2) is 0 Å². The van der Waals surface area contributed by atoms with Crippen LogP contribution in [0.2, 0.25) is 0 Å². The molecule has 0 unspecified atom stereocenters. The quantitative estimate of drug-likeness (QED) is 0.401. The van der Waals surface area contributed by atoms with Crippen molar-refractivity contribution in [1.29, 1.82) is 0 Å². The van der Waals surface area contributed by atoms with Crippen molar-refractivity contribution in [3.8, 4) is 0 Å². The predicted molar refractivity (Wildman–Crippen MR) is 115 cm³/mol. The van der Waals surface area contributed by atoms with Crippen LogP contribution in [0.1, 0.15) is 103 Å². The zero-order valence-corrected chi connectivity index (χ0v) is 19.6. The summed E-state index contributed by atoms with van der Waals surface area (Å²) in [5.74, 6) is 1.71. The van der Waals surface area contributed by atoms with Crippen LogP contribution in [0.3, 0.4) is 0 Å². The summed E-state index contributed by atoms with van der Waals surface area (Å²) in [5.41, 5.74) is 0. The molecule has 3 saturated carbocycles. The summed E-state index contributed by atoms with van der Waals surface area (Å²) in [6.07, 6.45) is 21.4. The molecule has 0 saturated heterocycles. The van der Waals surface area contributed by atoms with Crippen molar-refractivity contribution in [1.82, 2.24) is 5.32 Å². The van der Waals surface area contributed by atoms with Crippen LogP contribution < -0.4 is 5.32 Å².